The van der Waals surface area contributed by atoms with E-state index in [1.54, 1.807) is 6.08 Å². The highest BCUT2D eigenvalue weighted by Crippen LogP contribution is 2.75. The molecule has 5 saturated carbocycles. The molecule has 2 heterocycles. The van der Waals surface area contributed by atoms with E-state index in [2.05, 4.69) is 34.6 Å². The molecule has 386 valence electrons. The number of aliphatic hydroxyl groups excluding tert-OH is 10. The second kappa shape index (κ2) is 18.1. The van der Waals surface area contributed by atoms with Gasteiger partial charge in [0.05, 0.1) is 30.3 Å². The standard InChI is InChI=1S/C49H76O19/c1-44(2)12-14-49(43(63)68-41-36(60)33(57)31(55)26(20-51)65-41)15-13-47(6)22(23(49)18-44)17-24(52)39-46(5)10-9-28(45(3,4)27(46)8-11-48(39,47)7)66-42-38(35(59)34(58)37(67-42)40(61)62)64-25-16-21(19-50)29(53)32(56)30(25)54/h17,21,23,25-39,41-42,50-51,53-60H,8-16,18-20H2,1-7H3,(H,61,62)/t21-,23?,25?,26+,27?,28-,29-,30+,31+,32-,33-,34-,35-,36+,37-,38+,39?,41-,42+,46-,47+,48+,49+/m0/s1. The molecule has 0 spiro atoms. The van der Waals surface area contributed by atoms with Gasteiger partial charge in [-0.05, 0) is 109 Å². The lowest BCUT2D eigenvalue weighted by Gasteiger charge is -2.70. The molecule has 0 aromatic carbocycles. The van der Waals surface area contributed by atoms with Crippen molar-refractivity contribution in [3.8, 4) is 0 Å². The minimum atomic E-state index is -1.96. The first kappa shape index (κ1) is 52.1. The third-order valence-corrected chi connectivity index (χ3v) is 19.5. The van der Waals surface area contributed by atoms with Gasteiger partial charge in [-0.3, -0.25) is 9.59 Å². The predicted octanol–water partition coefficient (Wildman–Crippen LogP) is 0.0754. The smallest absolute Gasteiger partial charge is 0.335 e. The fourth-order valence-corrected chi connectivity index (χ4v) is 15.3. The zero-order chi connectivity index (χ0) is 50.0. The number of ether oxygens (including phenoxy) is 5. The fourth-order valence-electron chi connectivity index (χ4n) is 15.3. The van der Waals surface area contributed by atoms with Crippen LogP contribution in [0, 0.1) is 56.2 Å². The summed E-state index contributed by atoms with van der Waals surface area (Å²) >= 11 is 0. The number of aliphatic hydroxyl groups is 10. The SMILES string of the molecule is CC1(C)CC[C@@]2(C(=O)O[C@@H]3O[C@H](CO)[C@@H](O)[C@H](O)[C@H]3O)CC[C@]3(C)C(=CC(=O)C4[C@@]5(C)CC[C@H](O[C@@H]6O[C@H](C(=O)O)[C@@H](O)[C@H](O)[C@H]6OC6C[C@@H](CO)[C@H](O)[C@H](O)[C@@H]6O)C(C)(C)C5CC[C@]43C)C2C1. The molecule has 68 heavy (non-hydrogen) atoms. The number of ketones is 1. The highest BCUT2D eigenvalue weighted by molar-refractivity contribution is 5.96. The lowest BCUT2D eigenvalue weighted by Crippen LogP contribution is -2.68. The maximum Gasteiger partial charge on any atom is 0.335 e. The Morgan fingerprint density at radius 1 is 0.706 bits per heavy atom. The van der Waals surface area contributed by atoms with Crippen LogP contribution in [0.3, 0.4) is 0 Å². The van der Waals surface area contributed by atoms with Gasteiger partial charge in [-0.1, -0.05) is 54.0 Å². The second-order valence-corrected chi connectivity index (χ2v) is 24.0. The van der Waals surface area contributed by atoms with Gasteiger partial charge in [0.2, 0.25) is 6.29 Å². The van der Waals surface area contributed by atoms with Gasteiger partial charge in [-0.25, -0.2) is 4.79 Å². The van der Waals surface area contributed by atoms with E-state index >= 15 is 4.79 Å². The molecule has 6 aliphatic carbocycles. The van der Waals surface area contributed by atoms with Crippen molar-refractivity contribution in [2.24, 2.45) is 56.2 Å². The highest BCUT2D eigenvalue weighted by atomic mass is 16.7. The van der Waals surface area contributed by atoms with Crippen molar-refractivity contribution in [2.75, 3.05) is 13.2 Å². The molecule has 0 radical (unpaired) electrons. The van der Waals surface area contributed by atoms with Crippen LogP contribution < -0.4 is 0 Å². The summed E-state index contributed by atoms with van der Waals surface area (Å²) in [6.07, 6.45) is -17.1. The molecule has 19 heteroatoms. The minimum absolute atomic E-state index is 0.0335. The number of carbonyl (C=O) groups excluding carboxylic acids is 2. The summed E-state index contributed by atoms with van der Waals surface area (Å²) in [5.74, 6) is -4.08. The summed E-state index contributed by atoms with van der Waals surface area (Å²) in [4.78, 5) is 42.3. The van der Waals surface area contributed by atoms with E-state index in [0.717, 1.165) is 5.57 Å². The number of fused-ring (bicyclic) bond motifs is 7. The van der Waals surface area contributed by atoms with Gasteiger partial charge in [0.1, 0.15) is 54.9 Å². The number of hydrogen-bond acceptors (Lipinski definition) is 18. The largest absolute Gasteiger partial charge is 0.479 e. The molecule has 7 fully saturated rings. The Morgan fingerprint density at radius 2 is 1.37 bits per heavy atom. The molecule has 4 unspecified atom stereocenters. The van der Waals surface area contributed by atoms with Crippen LogP contribution in [0.4, 0.5) is 0 Å². The number of esters is 1. The average Bonchev–Trinajstić information content (AvgIpc) is 3.27. The van der Waals surface area contributed by atoms with Crippen LogP contribution in [0.25, 0.3) is 0 Å². The summed E-state index contributed by atoms with van der Waals surface area (Å²) in [6, 6.07) is 0. The molecule has 2 saturated heterocycles. The number of allylic oxidation sites excluding steroid dienone is 2. The van der Waals surface area contributed by atoms with Crippen LogP contribution in [0.1, 0.15) is 113 Å². The van der Waals surface area contributed by atoms with Gasteiger partial charge in [0, 0.05) is 18.4 Å². The molecule has 8 rings (SSSR count). The molecule has 0 bridgehead atoms. The van der Waals surface area contributed by atoms with E-state index in [1.165, 1.54) is 0 Å². The number of hydrogen-bond donors (Lipinski definition) is 11. The van der Waals surface area contributed by atoms with Gasteiger partial charge in [-0.15, -0.1) is 0 Å². The molecule has 8 aliphatic rings. The Labute approximate surface area is 396 Å². The maximum atomic E-state index is 15.3. The van der Waals surface area contributed by atoms with Crippen molar-refractivity contribution >= 4 is 17.7 Å². The van der Waals surface area contributed by atoms with Crippen molar-refractivity contribution in [1.82, 2.24) is 0 Å². The first-order valence-electron chi connectivity index (χ1n) is 24.6. The average molecular weight is 969 g/mol. The number of rotatable bonds is 9. The Hall–Kier alpha value is -2.21. The molecule has 11 N–H and O–H groups in total. The van der Waals surface area contributed by atoms with Crippen molar-refractivity contribution in [1.29, 1.82) is 0 Å². The molecular formula is C49H76O19. The van der Waals surface area contributed by atoms with Crippen LogP contribution >= 0.6 is 0 Å². The van der Waals surface area contributed by atoms with Crippen LogP contribution in [0.15, 0.2) is 11.6 Å². The quantitative estimate of drug-likeness (QED) is 0.108. The number of carboxylic acids is 1. The first-order valence-corrected chi connectivity index (χ1v) is 24.6. The Bertz CT molecular complexity index is 1960. The molecule has 2 aliphatic heterocycles. The predicted molar refractivity (Wildman–Crippen MR) is 234 cm³/mol. The van der Waals surface area contributed by atoms with Gasteiger partial charge in [-0.2, -0.15) is 0 Å². The third kappa shape index (κ3) is 7.96. The minimum Gasteiger partial charge on any atom is -0.479 e. The molecule has 0 aromatic heterocycles. The summed E-state index contributed by atoms with van der Waals surface area (Å²) in [6.45, 7) is 13.7. The van der Waals surface area contributed by atoms with Crippen LogP contribution in [-0.4, -0.2) is 179 Å². The Morgan fingerprint density at radius 3 is 2.01 bits per heavy atom. The van der Waals surface area contributed by atoms with Gasteiger partial charge in [0.15, 0.2) is 18.2 Å². The molecule has 0 amide bonds. The summed E-state index contributed by atoms with van der Waals surface area (Å²) in [7, 11) is 0. The monoisotopic (exact) mass is 968 g/mol. The van der Waals surface area contributed by atoms with E-state index in [0.29, 0.717) is 57.8 Å². The molecule has 23 atom stereocenters. The Balaban J connectivity index is 1.07. The van der Waals surface area contributed by atoms with Crippen LogP contribution in [-0.2, 0) is 38.1 Å². The molecular weight excluding hydrogens is 893 g/mol. The highest BCUT2D eigenvalue weighted by Gasteiger charge is 2.72. The zero-order valence-electron chi connectivity index (χ0n) is 40.2. The number of carbonyl (C=O) groups is 3. The van der Waals surface area contributed by atoms with Gasteiger partial charge in [0.25, 0.3) is 0 Å². The van der Waals surface area contributed by atoms with Crippen molar-refractivity contribution in [3.63, 3.8) is 0 Å². The van der Waals surface area contributed by atoms with Crippen LogP contribution in [0.5, 0.6) is 0 Å². The van der Waals surface area contributed by atoms with E-state index < -0.39 is 162 Å². The van der Waals surface area contributed by atoms with Crippen molar-refractivity contribution in [3.05, 3.63) is 11.6 Å². The summed E-state index contributed by atoms with van der Waals surface area (Å²) in [5, 5.41) is 116. The van der Waals surface area contributed by atoms with Crippen molar-refractivity contribution in [2.45, 2.75) is 205 Å². The van der Waals surface area contributed by atoms with E-state index in [9.17, 15) is 65.8 Å². The van der Waals surface area contributed by atoms with E-state index in [4.69, 9.17) is 23.7 Å². The van der Waals surface area contributed by atoms with Gasteiger partial charge >= 0.3 is 11.9 Å². The summed E-state index contributed by atoms with van der Waals surface area (Å²) < 4.78 is 30.3. The molecule has 0 aromatic rings. The second-order valence-electron chi connectivity index (χ2n) is 24.0. The lowest BCUT2D eigenvalue weighted by atomic mass is 9.33. The lowest BCUT2D eigenvalue weighted by molar-refractivity contribution is -0.342. The van der Waals surface area contributed by atoms with Crippen molar-refractivity contribution < 1.29 is 94.2 Å². The Kier molecular flexibility index (Phi) is 13.9. The third-order valence-electron chi connectivity index (χ3n) is 19.5. The maximum absolute atomic E-state index is 15.3. The number of carboxylic acid groups (broad SMARTS) is 1. The van der Waals surface area contributed by atoms with Gasteiger partial charge < -0.3 is 79.9 Å². The number of aliphatic carboxylic acids is 1. The van der Waals surface area contributed by atoms with E-state index in [1.807, 2.05) is 13.8 Å². The topological polar surface area (TPSA) is 320 Å². The summed E-state index contributed by atoms with van der Waals surface area (Å²) in [5.41, 5.74) is -2.75. The van der Waals surface area contributed by atoms with E-state index in [-0.39, 0.29) is 23.5 Å². The molecule has 19 nitrogen and oxygen atoms in total. The fraction of sp³-hybridized carbons (Fsp3) is 0.898. The van der Waals surface area contributed by atoms with Crippen LogP contribution in [0.2, 0.25) is 0 Å². The normalized spacial score (nSPS) is 52.0. The zero-order valence-corrected chi connectivity index (χ0v) is 40.2. The first-order chi connectivity index (χ1) is 31.6.